The van der Waals surface area contributed by atoms with E-state index in [0.29, 0.717) is 6.42 Å². The van der Waals surface area contributed by atoms with E-state index in [2.05, 4.69) is 27.9 Å². The molecular weight excluding hydrogens is 424 g/mol. The van der Waals surface area contributed by atoms with Crippen LogP contribution >= 0.6 is 0 Å². The molecule has 1 aromatic heterocycles. The van der Waals surface area contributed by atoms with Crippen LogP contribution in [0.15, 0.2) is 54.7 Å². The number of carboxylic acids is 1. The van der Waals surface area contributed by atoms with E-state index >= 15 is 0 Å². The number of anilines is 1. The highest BCUT2D eigenvalue weighted by Gasteiger charge is 2.30. The van der Waals surface area contributed by atoms with Crippen molar-refractivity contribution in [3.63, 3.8) is 0 Å². The second-order valence-corrected chi connectivity index (χ2v) is 7.76. The Hall–Kier alpha value is -4.14. The Morgan fingerprint density at radius 2 is 1.70 bits per heavy atom. The molecule has 1 atom stereocenters. The third-order valence-electron chi connectivity index (χ3n) is 5.76. The predicted molar refractivity (Wildman–Crippen MR) is 121 cm³/mol. The van der Waals surface area contributed by atoms with Gasteiger partial charge in [-0.15, -0.1) is 0 Å². The number of alkyl carbamates (subject to hydrolysis) is 1. The van der Waals surface area contributed by atoms with Crippen molar-refractivity contribution in [2.75, 3.05) is 11.9 Å². The van der Waals surface area contributed by atoms with Crippen LogP contribution in [0.3, 0.4) is 0 Å². The number of aryl methyl sites for hydroxylation is 1. The van der Waals surface area contributed by atoms with Crippen molar-refractivity contribution in [2.45, 2.75) is 25.3 Å². The van der Waals surface area contributed by atoms with E-state index in [-0.39, 0.29) is 23.9 Å². The Balaban J connectivity index is 1.40. The minimum absolute atomic E-state index is 0.0581. The van der Waals surface area contributed by atoms with E-state index in [1.807, 2.05) is 36.4 Å². The second kappa shape index (κ2) is 9.15. The summed E-state index contributed by atoms with van der Waals surface area (Å²) in [6.45, 7) is 1.86. The van der Waals surface area contributed by atoms with Gasteiger partial charge < -0.3 is 20.5 Å². The van der Waals surface area contributed by atoms with Crippen LogP contribution in [0, 0.1) is 0 Å². The number of ether oxygens (including phenoxy) is 1. The number of hydrogen-bond acceptors (Lipinski definition) is 5. The summed E-state index contributed by atoms with van der Waals surface area (Å²) in [5.41, 5.74) is 4.34. The van der Waals surface area contributed by atoms with Crippen LogP contribution in [0.1, 0.15) is 40.9 Å². The van der Waals surface area contributed by atoms with Crippen molar-refractivity contribution in [1.29, 1.82) is 0 Å². The first-order valence-corrected chi connectivity index (χ1v) is 10.6. The smallest absolute Gasteiger partial charge is 0.407 e. The van der Waals surface area contributed by atoms with Gasteiger partial charge >= 0.3 is 12.1 Å². The highest BCUT2D eigenvalue weighted by molar-refractivity contribution is 6.01. The summed E-state index contributed by atoms with van der Waals surface area (Å²) < 4.78 is 6.65. The van der Waals surface area contributed by atoms with Crippen LogP contribution in [0.5, 0.6) is 0 Å². The molecule has 0 bridgehead atoms. The summed E-state index contributed by atoms with van der Waals surface area (Å²) in [5.74, 6) is -1.87. The molecule has 2 amide bonds. The average Bonchev–Trinajstić information content (AvgIpc) is 3.33. The Kier molecular flexibility index (Phi) is 6.12. The molecule has 1 heterocycles. The standard InChI is InChI=1S/C24H24N4O5/c1-3-19(22(29)26-20-12-25-28(2)21(20)23(30)31)27-24(32)33-13-18-16-10-6-4-8-14(16)15-9-5-7-11-17(15)18/h4-12,18-19H,3,13H2,1-2H3,(H,26,29)(H,27,32)(H,30,31)/t19-/m1/s1. The molecule has 9 nitrogen and oxygen atoms in total. The van der Waals surface area contributed by atoms with Gasteiger partial charge in [0.15, 0.2) is 5.69 Å². The van der Waals surface area contributed by atoms with E-state index in [0.717, 1.165) is 26.9 Å². The van der Waals surface area contributed by atoms with E-state index < -0.39 is 24.0 Å². The minimum atomic E-state index is -1.22. The lowest BCUT2D eigenvalue weighted by Gasteiger charge is -2.18. The van der Waals surface area contributed by atoms with Crippen LogP contribution in [-0.2, 0) is 16.6 Å². The number of rotatable bonds is 7. The van der Waals surface area contributed by atoms with E-state index in [4.69, 9.17) is 4.74 Å². The quantitative estimate of drug-likeness (QED) is 0.509. The lowest BCUT2D eigenvalue weighted by molar-refractivity contribution is -0.118. The number of carboxylic acid groups (broad SMARTS) is 1. The SMILES string of the molecule is CC[C@@H](NC(=O)OCC1c2ccccc2-c2ccccc21)C(=O)Nc1cnn(C)c1C(=O)O. The van der Waals surface area contributed by atoms with Crippen LogP contribution in [0.4, 0.5) is 10.5 Å². The number of hydrogen-bond donors (Lipinski definition) is 3. The van der Waals surface area contributed by atoms with Crippen molar-refractivity contribution in [3.05, 3.63) is 71.5 Å². The fourth-order valence-electron chi connectivity index (χ4n) is 4.14. The van der Waals surface area contributed by atoms with Crippen LogP contribution in [-0.4, -0.2) is 45.5 Å². The normalized spacial score (nSPS) is 13.0. The fourth-order valence-corrected chi connectivity index (χ4v) is 4.14. The monoisotopic (exact) mass is 448 g/mol. The van der Waals surface area contributed by atoms with Crippen molar-refractivity contribution < 1.29 is 24.2 Å². The number of carbonyl (C=O) groups excluding carboxylic acids is 2. The molecule has 0 aliphatic heterocycles. The summed E-state index contributed by atoms with van der Waals surface area (Å²) in [6, 6.07) is 15.1. The van der Waals surface area contributed by atoms with Gasteiger partial charge in [-0.1, -0.05) is 55.5 Å². The molecule has 3 N–H and O–H groups in total. The molecule has 0 saturated heterocycles. The van der Waals surface area contributed by atoms with Crippen LogP contribution < -0.4 is 10.6 Å². The van der Waals surface area contributed by atoms with Crippen molar-refractivity contribution in [2.24, 2.45) is 7.05 Å². The maximum absolute atomic E-state index is 12.6. The largest absolute Gasteiger partial charge is 0.476 e. The molecule has 3 aromatic rings. The van der Waals surface area contributed by atoms with Gasteiger partial charge in [0, 0.05) is 13.0 Å². The molecule has 4 rings (SSSR count). The summed E-state index contributed by atoms with van der Waals surface area (Å²) in [4.78, 5) is 36.5. The van der Waals surface area contributed by atoms with Crippen LogP contribution in [0.25, 0.3) is 11.1 Å². The Morgan fingerprint density at radius 3 is 2.27 bits per heavy atom. The van der Waals surface area contributed by atoms with Crippen molar-refractivity contribution in [3.8, 4) is 11.1 Å². The Labute approximate surface area is 190 Å². The Morgan fingerprint density at radius 1 is 1.09 bits per heavy atom. The van der Waals surface area contributed by atoms with Gasteiger partial charge in [0.1, 0.15) is 12.6 Å². The second-order valence-electron chi connectivity index (χ2n) is 7.76. The number of aromatic carboxylic acids is 1. The number of nitrogens with zero attached hydrogens (tertiary/aromatic N) is 2. The molecule has 0 saturated carbocycles. The Bertz CT molecular complexity index is 1170. The molecule has 0 spiro atoms. The topological polar surface area (TPSA) is 123 Å². The van der Waals surface area contributed by atoms with Gasteiger partial charge in [-0.2, -0.15) is 5.10 Å². The average molecular weight is 448 g/mol. The highest BCUT2D eigenvalue weighted by Crippen LogP contribution is 2.44. The summed E-state index contributed by atoms with van der Waals surface area (Å²) in [7, 11) is 1.46. The van der Waals surface area contributed by atoms with Gasteiger partial charge in [0.25, 0.3) is 0 Å². The molecule has 1 aliphatic carbocycles. The molecule has 0 fully saturated rings. The minimum Gasteiger partial charge on any atom is -0.476 e. The molecule has 33 heavy (non-hydrogen) atoms. The molecular formula is C24H24N4O5. The van der Waals surface area contributed by atoms with Crippen molar-refractivity contribution in [1.82, 2.24) is 15.1 Å². The summed E-state index contributed by atoms with van der Waals surface area (Å²) in [5, 5.41) is 18.2. The van der Waals surface area contributed by atoms with Gasteiger partial charge in [0.05, 0.1) is 11.9 Å². The van der Waals surface area contributed by atoms with Crippen molar-refractivity contribution >= 4 is 23.7 Å². The van der Waals surface area contributed by atoms with E-state index in [9.17, 15) is 19.5 Å². The number of nitrogens with one attached hydrogen (secondary N) is 2. The zero-order chi connectivity index (χ0) is 23.5. The molecule has 1 aliphatic rings. The van der Waals surface area contributed by atoms with Gasteiger partial charge in [-0.3, -0.25) is 9.48 Å². The zero-order valence-corrected chi connectivity index (χ0v) is 18.2. The first-order chi connectivity index (χ1) is 15.9. The summed E-state index contributed by atoms with van der Waals surface area (Å²) in [6.07, 6.45) is 0.823. The summed E-state index contributed by atoms with van der Waals surface area (Å²) >= 11 is 0. The third-order valence-corrected chi connectivity index (χ3v) is 5.76. The maximum Gasteiger partial charge on any atom is 0.407 e. The molecule has 170 valence electrons. The molecule has 0 unspecified atom stereocenters. The van der Waals surface area contributed by atoms with Gasteiger partial charge in [-0.05, 0) is 28.7 Å². The van der Waals surface area contributed by atoms with E-state index in [1.54, 1.807) is 6.92 Å². The number of benzene rings is 2. The number of aromatic nitrogens is 2. The molecule has 2 aromatic carbocycles. The highest BCUT2D eigenvalue weighted by atomic mass is 16.5. The first kappa shape index (κ1) is 22.1. The number of carbonyl (C=O) groups is 3. The first-order valence-electron chi connectivity index (χ1n) is 10.6. The number of fused-ring (bicyclic) bond motifs is 3. The number of amides is 2. The maximum atomic E-state index is 12.6. The third kappa shape index (κ3) is 4.30. The van der Waals surface area contributed by atoms with Gasteiger partial charge in [0.2, 0.25) is 5.91 Å². The van der Waals surface area contributed by atoms with Crippen LogP contribution in [0.2, 0.25) is 0 Å². The lowest BCUT2D eigenvalue weighted by atomic mass is 9.98. The molecule has 9 heteroatoms. The van der Waals surface area contributed by atoms with Gasteiger partial charge in [-0.25, -0.2) is 9.59 Å². The predicted octanol–water partition coefficient (Wildman–Crippen LogP) is 3.37. The fraction of sp³-hybridized carbons (Fsp3) is 0.250. The molecule has 0 radical (unpaired) electrons. The van der Waals surface area contributed by atoms with E-state index in [1.165, 1.54) is 13.2 Å². The zero-order valence-electron chi connectivity index (χ0n) is 18.2. The lowest BCUT2D eigenvalue weighted by Crippen LogP contribution is -2.44.